The molecule has 0 aliphatic heterocycles. The van der Waals surface area contributed by atoms with Crippen LogP contribution in [0.25, 0.3) is 0 Å². The Kier molecular flexibility index (Phi) is 5.61. The van der Waals surface area contributed by atoms with Gasteiger partial charge >= 0.3 is 0 Å². The summed E-state index contributed by atoms with van der Waals surface area (Å²) in [7, 11) is 0. The van der Waals surface area contributed by atoms with Gasteiger partial charge in [-0.1, -0.05) is 60.7 Å². The number of rotatable bonds is 5. The van der Waals surface area contributed by atoms with Crippen molar-refractivity contribution in [1.29, 1.82) is 0 Å². The Bertz CT molecular complexity index is 584. The molecule has 0 heterocycles. The minimum Gasteiger partial charge on any atom is -0.506 e. The fraction of sp³-hybridized carbons (Fsp3) is 0. The highest BCUT2D eigenvalue weighted by atomic mass is 35.5. The van der Waals surface area contributed by atoms with Gasteiger partial charge in [-0.05, 0) is 23.8 Å². The molecule has 1 aromatic carbocycles. The molecule has 0 aliphatic carbocycles. The number of phenols is 1. The molecule has 0 amide bonds. The number of carbonyl (C=O) groups excluding carboxylic acids is 1. The van der Waals surface area contributed by atoms with Gasteiger partial charge in [0.15, 0.2) is 5.78 Å². The van der Waals surface area contributed by atoms with Crippen LogP contribution in [0.1, 0.15) is 10.4 Å². The quantitative estimate of drug-likeness (QED) is 0.484. The van der Waals surface area contributed by atoms with E-state index in [9.17, 15) is 9.90 Å². The van der Waals surface area contributed by atoms with E-state index in [1.165, 1.54) is 18.2 Å². The summed E-state index contributed by atoms with van der Waals surface area (Å²) in [5.41, 5.74) is 0.770. The first-order valence-electron chi connectivity index (χ1n) is 5.35. The van der Waals surface area contributed by atoms with E-state index in [1.54, 1.807) is 24.3 Å². The van der Waals surface area contributed by atoms with Crippen LogP contribution >= 0.6 is 23.2 Å². The lowest BCUT2D eigenvalue weighted by Crippen LogP contribution is -1.95. The van der Waals surface area contributed by atoms with E-state index in [4.69, 9.17) is 23.2 Å². The maximum absolute atomic E-state index is 11.9. The number of benzene rings is 1. The molecule has 0 aromatic heterocycles. The van der Waals surface area contributed by atoms with Crippen LogP contribution in [0.15, 0.2) is 61.2 Å². The number of allylic oxidation sites excluding steroid dienone is 6. The van der Waals surface area contributed by atoms with Crippen molar-refractivity contribution < 1.29 is 9.90 Å². The molecule has 0 saturated heterocycles. The van der Waals surface area contributed by atoms with Gasteiger partial charge in [0.25, 0.3) is 0 Å². The Morgan fingerprint density at radius 1 is 1.21 bits per heavy atom. The maximum atomic E-state index is 11.9. The lowest BCUT2D eigenvalue weighted by molar-refractivity contribution is 0.104. The molecule has 0 atom stereocenters. The van der Waals surface area contributed by atoms with Crippen LogP contribution < -0.4 is 0 Å². The highest BCUT2D eigenvalue weighted by molar-refractivity contribution is 6.36. The van der Waals surface area contributed by atoms with Crippen molar-refractivity contribution in [3.8, 4) is 5.75 Å². The molecule has 1 N–H and O–H groups in total. The van der Waals surface area contributed by atoms with E-state index in [0.29, 0.717) is 0 Å². The van der Waals surface area contributed by atoms with E-state index >= 15 is 0 Å². The van der Waals surface area contributed by atoms with Crippen LogP contribution in [0, 0.1) is 0 Å². The highest BCUT2D eigenvalue weighted by Crippen LogP contribution is 2.31. The van der Waals surface area contributed by atoms with Crippen LogP contribution in [-0.2, 0) is 0 Å². The first kappa shape index (κ1) is 15.3. The molecule has 2 nitrogen and oxygen atoms in total. The average Bonchev–Trinajstić information content (AvgIpc) is 2.38. The predicted molar refractivity (Wildman–Crippen MR) is 80.1 cm³/mol. The zero-order valence-corrected chi connectivity index (χ0v) is 11.6. The minimum atomic E-state index is -0.404. The second-order valence-corrected chi connectivity index (χ2v) is 4.43. The Balaban J connectivity index is 3.08. The molecule has 1 rings (SSSR count). The monoisotopic (exact) mass is 294 g/mol. The molecule has 0 bridgehead atoms. The Morgan fingerprint density at radius 3 is 2.47 bits per heavy atom. The second-order valence-electron chi connectivity index (χ2n) is 3.59. The fourth-order valence-corrected chi connectivity index (χ4v) is 1.84. The smallest absolute Gasteiger partial charge is 0.189 e. The molecule has 0 spiro atoms. The molecule has 0 unspecified atom stereocenters. The van der Waals surface area contributed by atoms with Gasteiger partial charge in [-0.25, -0.2) is 0 Å². The highest BCUT2D eigenvalue weighted by Gasteiger charge is 2.12. The summed E-state index contributed by atoms with van der Waals surface area (Å²) in [4.78, 5) is 11.9. The van der Waals surface area contributed by atoms with Crippen LogP contribution in [0.4, 0.5) is 0 Å². The third-order valence-corrected chi connectivity index (χ3v) is 2.77. The van der Waals surface area contributed by atoms with Gasteiger partial charge in [0.2, 0.25) is 0 Å². The molecule has 19 heavy (non-hydrogen) atoms. The van der Waals surface area contributed by atoms with Crippen LogP contribution in [0.2, 0.25) is 10.0 Å². The van der Waals surface area contributed by atoms with Crippen molar-refractivity contribution >= 4 is 29.0 Å². The SMILES string of the molecule is C=C/C=C(C=C)/C=C/C(=O)c1cc(Cl)cc(Cl)c1O. The number of ketones is 1. The van der Waals surface area contributed by atoms with E-state index in [1.807, 2.05) is 0 Å². The number of aromatic hydroxyl groups is 1. The predicted octanol–water partition coefficient (Wildman–Crippen LogP) is 4.74. The van der Waals surface area contributed by atoms with Crippen molar-refractivity contribution in [2.24, 2.45) is 0 Å². The second kappa shape index (κ2) is 6.98. The van der Waals surface area contributed by atoms with Crippen LogP contribution in [0.5, 0.6) is 5.75 Å². The zero-order valence-electron chi connectivity index (χ0n) is 10.1. The van der Waals surface area contributed by atoms with E-state index in [2.05, 4.69) is 13.2 Å². The van der Waals surface area contributed by atoms with Gasteiger partial charge in [0.05, 0.1) is 10.6 Å². The van der Waals surface area contributed by atoms with Gasteiger partial charge < -0.3 is 5.11 Å². The normalized spacial score (nSPS) is 11.6. The van der Waals surface area contributed by atoms with E-state index in [0.717, 1.165) is 5.57 Å². The van der Waals surface area contributed by atoms with Crippen molar-refractivity contribution in [3.05, 3.63) is 76.9 Å². The summed E-state index contributed by atoms with van der Waals surface area (Å²) in [5.74, 6) is -0.688. The standard InChI is InChI=1S/C15H12Cl2O2/c1-3-5-10(4-2)6-7-14(18)12-8-11(16)9-13(17)15(12)19/h3-9,19H,1-2H2/b7-6+,10-5+. The van der Waals surface area contributed by atoms with Crippen molar-refractivity contribution in [2.45, 2.75) is 0 Å². The lowest BCUT2D eigenvalue weighted by Gasteiger charge is -2.03. The number of phenolic OH excluding ortho intramolecular Hbond substituents is 1. The summed E-state index contributed by atoms with van der Waals surface area (Å²) >= 11 is 11.5. The van der Waals surface area contributed by atoms with Crippen LogP contribution in [0.3, 0.4) is 0 Å². The summed E-state index contributed by atoms with van der Waals surface area (Å²) in [6.07, 6.45) is 7.72. The van der Waals surface area contributed by atoms with E-state index < -0.39 is 5.78 Å². The average molecular weight is 295 g/mol. The first-order chi connectivity index (χ1) is 8.99. The van der Waals surface area contributed by atoms with Crippen molar-refractivity contribution in [2.75, 3.05) is 0 Å². The molecular weight excluding hydrogens is 283 g/mol. The summed E-state index contributed by atoms with van der Waals surface area (Å²) in [6, 6.07) is 2.73. The Labute approximate surface area is 122 Å². The van der Waals surface area contributed by atoms with Crippen LogP contribution in [-0.4, -0.2) is 10.9 Å². The number of carbonyl (C=O) groups is 1. The van der Waals surface area contributed by atoms with Crippen molar-refractivity contribution in [1.82, 2.24) is 0 Å². The minimum absolute atomic E-state index is 0.0369. The molecule has 98 valence electrons. The lowest BCUT2D eigenvalue weighted by atomic mass is 10.1. The summed E-state index contributed by atoms with van der Waals surface area (Å²) < 4.78 is 0. The fourth-order valence-electron chi connectivity index (χ4n) is 1.34. The zero-order chi connectivity index (χ0) is 14.4. The topological polar surface area (TPSA) is 37.3 Å². The third-order valence-electron chi connectivity index (χ3n) is 2.27. The number of hydrogen-bond acceptors (Lipinski definition) is 2. The Morgan fingerprint density at radius 2 is 1.89 bits per heavy atom. The largest absolute Gasteiger partial charge is 0.506 e. The number of hydrogen-bond donors (Lipinski definition) is 1. The molecule has 0 fully saturated rings. The van der Waals surface area contributed by atoms with Gasteiger partial charge in [-0.3, -0.25) is 4.79 Å². The summed E-state index contributed by atoms with van der Waals surface area (Å²) in [6.45, 7) is 7.16. The van der Waals surface area contributed by atoms with Gasteiger partial charge in [0, 0.05) is 5.02 Å². The summed E-state index contributed by atoms with van der Waals surface area (Å²) in [5, 5.41) is 10.0. The third kappa shape index (κ3) is 4.12. The van der Waals surface area contributed by atoms with Crippen molar-refractivity contribution in [3.63, 3.8) is 0 Å². The molecule has 4 heteroatoms. The first-order valence-corrected chi connectivity index (χ1v) is 6.10. The molecule has 0 saturated carbocycles. The molecule has 0 aliphatic rings. The van der Waals surface area contributed by atoms with Gasteiger partial charge in [-0.15, -0.1) is 0 Å². The van der Waals surface area contributed by atoms with Gasteiger partial charge in [0.1, 0.15) is 5.75 Å². The number of halogens is 2. The molecule has 0 radical (unpaired) electrons. The maximum Gasteiger partial charge on any atom is 0.189 e. The molecular formula is C15H12Cl2O2. The Hall–Kier alpha value is -1.77. The van der Waals surface area contributed by atoms with Gasteiger partial charge in [-0.2, -0.15) is 0 Å². The van der Waals surface area contributed by atoms with E-state index in [-0.39, 0.29) is 21.4 Å². The molecule has 1 aromatic rings.